The molecule has 0 aliphatic carbocycles. The third kappa shape index (κ3) is 8.86. The molecule has 0 radical (unpaired) electrons. The maximum absolute atomic E-state index is 14.7. The number of ether oxygens (including phenoxy) is 3. The van der Waals surface area contributed by atoms with Crippen LogP contribution in [0.5, 0.6) is 17.2 Å². The quantitative estimate of drug-likeness (QED) is 0.168. The maximum atomic E-state index is 14.7. The number of carbonyl (C=O) groups excluding carboxylic acids is 2. The lowest BCUT2D eigenvalue weighted by atomic mass is 10.0. The van der Waals surface area contributed by atoms with Gasteiger partial charge in [0.2, 0.25) is 11.8 Å². The zero-order chi connectivity index (χ0) is 34.7. The van der Waals surface area contributed by atoms with Crippen LogP contribution >= 0.6 is 0 Å². The molecule has 4 aromatic carbocycles. The maximum Gasteiger partial charge on any atom is 0.264 e. The molecule has 254 valence electrons. The number of carbonyl (C=O) groups is 2. The van der Waals surface area contributed by atoms with Crippen LogP contribution in [-0.2, 0) is 32.6 Å². The van der Waals surface area contributed by atoms with Crippen molar-refractivity contribution in [3.63, 3.8) is 0 Å². The van der Waals surface area contributed by atoms with Gasteiger partial charge >= 0.3 is 0 Å². The molecule has 1 N–H and O–H groups in total. The van der Waals surface area contributed by atoms with Gasteiger partial charge in [-0.05, 0) is 60.9 Å². The summed E-state index contributed by atoms with van der Waals surface area (Å²) < 4.78 is 45.8. The second kappa shape index (κ2) is 16.7. The average Bonchev–Trinajstić information content (AvgIpc) is 3.12. The standard InChI is InChI=1S/C37H43N3O7S/c1-6-27(2)38-37(42)33(23-28-14-9-7-10-15-28)39(25-29-16-13-17-31(22-29)45-3)36(41)26-40(48(43,44)32-18-11-8-12-19-32)30-20-21-34(46-4)35(24-30)47-5/h7-22,24,27,33H,6,23,25-26H2,1-5H3,(H,38,42)/t27-,33+/m0/s1. The van der Waals surface area contributed by atoms with E-state index in [0.29, 0.717) is 29.2 Å². The van der Waals surface area contributed by atoms with Crippen molar-refractivity contribution in [1.29, 1.82) is 0 Å². The molecule has 0 aromatic heterocycles. The van der Waals surface area contributed by atoms with E-state index in [4.69, 9.17) is 14.2 Å². The lowest BCUT2D eigenvalue weighted by Crippen LogP contribution is -2.54. The molecule has 10 nitrogen and oxygen atoms in total. The van der Waals surface area contributed by atoms with Crippen molar-refractivity contribution in [1.82, 2.24) is 10.2 Å². The predicted octanol–water partition coefficient (Wildman–Crippen LogP) is 5.46. The molecule has 0 aliphatic rings. The second-order valence-corrected chi connectivity index (χ2v) is 13.1. The molecule has 0 aliphatic heterocycles. The zero-order valence-electron chi connectivity index (χ0n) is 28.0. The lowest BCUT2D eigenvalue weighted by Gasteiger charge is -2.34. The molecule has 0 fully saturated rings. The summed E-state index contributed by atoms with van der Waals surface area (Å²) in [5.41, 5.74) is 1.74. The summed E-state index contributed by atoms with van der Waals surface area (Å²) in [6.07, 6.45) is 0.899. The largest absolute Gasteiger partial charge is 0.497 e. The van der Waals surface area contributed by atoms with Gasteiger partial charge in [0.05, 0.1) is 31.9 Å². The highest BCUT2D eigenvalue weighted by molar-refractivity contribution is 7.92. The van der Waals surface area contributed by atoms with Gasteiger partial charge in [0.15, 0.2) is 11.5 Å². The number of benzene rings is 4. The predicted molar refractivity (Wildman–Crippen MR) is 186 cm³/mol. The van der Waals surface area contributed by atoms with Crippen molar-refractivity contribution < 1.29 is 32.2 Å². The first-order valence-corrected chi connectivity index (χ1v) is 17.1. The van der Waals surface area contributed by atoms with E-state index in [1.165, 1.54) is 37.3 Å². The number of hydrogen-bond donors (Lipinski definition) is 1. The molecule has 4 rings (SSSR count). The third-order valence-electron chi connectivity index (χ3n) is 8.02. The Labute approximate surface area is 283 Å². The Morgan fingerprint density at radius 2 is 1.42 bits per heavy atom. The summed E-state index contributed by atoms with van der Waals surface area (Å²) in [6, 6.07) is 28.1. The van der Waals surface area contributed by atoms with Gasteiger partial charge in [-0.25, -0.2) is 8.42 Å². The van der Waals surface area contributed by atoms with Gasteiger partial charge in [0, 0.05) is 25.1 Å². The van der Waals surface area contributed by atoms with Crippen molar-refractivity contribution >= 4 is 27.5 Å². The van der Waals surface area contributed by atoms with Crippen molar-refractivity contribution in [3.05, 3.63) is 114 Å². The van der Waals surface area contributed by atoms with E-state index in [0.717, 1.165) is 9.87 Å². The van der Waals surface area contributed by atoms with Crippen LogP contribution in [0.4, 0.5) is 5.69 Å². The van der Waals surface area contributed by atoms with E-state index < -0.39 is 28.5 Å². The highest BCUT2D eigenvalue weighted by Gasteiger charge is 2.35. The number of sulfonamides is 1. The number of anilines is 1. The van der Waals surface area contributed by atoms with Crippen LogP contribution < -0.4 is 23.8 Å². The highest BCUT2D eigenvalue weighted by atomic mass is 32.2. The van der Waals surface area contributed by atoms with Crippen LogP contribution in [0.3, 0.4) is 0 Å². The monoisotopic (exact) mass is 673 g/mol. The zero-order valence-corrected chi connectivity index (χ0v) is 28.8. The Balaban J connectivity index is 1.85. The fourth-order valence-corrected chi connectivity index (χ4v) is 6.62. The van der Waals surface area contributed by atoms with E-state index in [9.17, 15) is 18.0 Å². The van der Waals surface area contributed by atoms with Gasteiger partial charge in [0.1, 0.15) is 18.3 Å². The van der Waals surface area contributed by atoms with Gasteiger partial charge in [-0.3, -0.25) is 13.9 Å². The van der Waals surface area contributed by atoms with Crippen molar-refractivity contribution in [2.45, 2.75) is 50.2 Å². The van der Waals surface area contributed by atoms with Crippen molar-refractivity contribution in [2.75, 3.05) is 32.2 Å². The number of nitrogens with zero attached hydrogens (tertiary/aromatic N) is 2. The van der Waals surface area contributed by atoms with E-state index in [1.807, 2.05) is 50.2 Å². The van der Waals surface area contributed by atoms with E-state index >= 15 is 0 Å². The molecule has 0 unspecified atom stereocenters. The van der Waals surface area contributed by atoms with Gasteiger partial charge in [0.25, 0.3) is 10.0 Å². The summed E-state index contributed by atoms with van der Waals surface area (Å²) in [5.74, 6) is 0.357. The Morgan fingerprint density at radius 3 is 2.04 bits per heavy atom. The smallest absolute Gasteiger partial charge is 0.264 e. The topological polar surface area (TPSA) is 114 Å². The third-order valence-corrected chi connectivity index (χ3v) is 9.81. The van der Waals surface area contributed by atoms with Crippen LogP contribution in [0.1, 0.15) is 31.4 Å². The first kappa shape index (κ1) is 35.8. The summed E-state index contributed by atoms with van der Waals surface area (Å²) >= 11 is 0. The van der Waals surface area contributed by atoms with Crippen LogP contribution in [0.15, 0.2) is 108 Å². The van der Waals surface area contributed by atoms with E-state index in [1.54, 1.807) is 55.6 Å². The molecule has 2 amide bonds. The average molecular weight is 674 g/mol. The van der Waals surface area contributed by atoms with Gasteiger partial charge in [-0.2, -0.15) is 0 Å². The molecular weight excluding hydrogens is 630 g/mol. The SMILES string of the molecule is CC[C@H](C)NC(=O)[C@@H](Cc1ccccc1)N(Cc1cccc(OC)c1)C(=O)CN(c1ccc(OC)c(OC)c1)S(=O)(=O)c1ccccc1. The Hall–Kier alpha value is -5.03. The first-order chi connectivity index (χ1) is 23.1. The minimum absolute atomic E-state index is 0.00211. The molecule has 11 heteroatoms. The summed E-state index contributed by atoms with van der Waals surface area (Å²) in [6.45, 7) is 3.29. The molecule has 0 saturated carbocycles. The van der Waals surface area contributed by atoms with Crippen LogP contribution in [-0.4, -0.2) is 65.1 Å². The van der Waals surface area contributed by atoms with E-state index in [-0.39, 0.29) is 35.5 Å². The number of rotatable bonds is 16. The summed E-state index contributed by atoms with van der Waals surface area (Å²) in [5, 5.41) is 3.04. The highest BCUT2D eigenvalue weighted by Crippen LogP contribution is 2.34. The van der Waals surface area contributed by atoms with Crippen molar-refractivity contribution in [2.24, 2.45) is 0 Å². The summed E-state index contributed by atoms with van der Waals surface area (Å²) in [7, 11) is 0.208. The normalized spacial score (nSPS) is 12.4. The first-order valence-electron chi connectivity index (χ1n) is 15.7. The van der Waals surface area contributed by atoms with Gasteiger partial charge in [-0.15, -0.1) is 0 Å². The fourth-order valence-electron chi connectivity index (χ4n) is 5.19. The number of hydrogen-bond acceptors (Lipinski definition) is 7. The number of amides is 2. The molecule has 0 heterocycles. The lowest BCUT2D eigenvalue weighted by molar-refractivity contribution is -0.140. The Morgan fingerprint density at radius 1 is 0.771 bits per heavy atom. The molecule has 4 aromatic rings. The van der Waals surface area contributed by atoms with Gasteiger partial charge in [-0.1, -0.05) is 67.6 Å². The van der Waals surface area contributed by atoms with Crippen molar-refractivity contribution in [3.8, 4) is 17.2 Å². The molecule has 0 bridgehead atoms. The Kier molecular flexibility index (Phi) is 12.5. The number of methoxy groups -OCH3 is 3. The van der Waals surface area contributed by atoms with Crippen LogP contribution in [0, 0.1) is 0 Å². The van der Waals surface area contributed by atoms with E-state index in [2.05, 4.69) is 5.32 Å². The minimum Gasteiger partial charge on any atom is -0.497 e. The molecule has 48 heavy (non-hydrogen) atoms. The molecule has 0 spiro atoms. The molecular formula is C37H43N3O7S. The fraction of sp³-hybridized carbons (Fsp3) is 0.297. The van der Waals surface area contributed by atoms with Gasteiger partial charge < -0.3 is 24.4 Å². The van der Waals surface area contributed by atoms with Crippen LogP contribution in [0.2, 0.25) is 0 Å². The van der Waals surface area contributed by atoms with Crippen LogP contribution in [0.25, 0.3) is 0 Å². The molecule has 0 saturated heterocycles. The number of nitrogens with one attached hydrogen (secondary N) is 1. The second-order valence-electron chi connectivity index (χ2n) is 11.3. The minimum atomic E-state index is -4.27. The Bertz CT molecular complexity index is 1770. The molecule has 2 atom stereocenters. The summed E-state index contributed by atoms with van der Waals surface area (Å²) in [4.78, 5) is 30.2.